The van der Waals surface area contributed by atoms with Gasteiger partial charge in [-0.25, -0.2) is 0 Å². The van der Waals surface area contributed by atoms with Gasteiger partial charge in [-0.2, -0.15) is 5.10 Å². The largest absolute Gasteiger partial charge is 0.482 e. The van der Waals surface area contributed by atoms with Crippen LogP contribution in [0.1, 0.15) is 6.42 Å². The Hall–Kier alpha value is -0.900. The molecule has 0 amide bonds. The van der Waals surface area contributed by atoms with Crippen molar-refractivity contribution in [2.24, 2.45) is 10.2 Å². The lowest BCUT2D eigenvalue weighted by atomic mass is 10.4. The second-order valence-corrected chi connectivity index (χ2v) is 2.39. The van der Waals surface area contributed by atoms with Crippen LogP contribution in [0.5, 0.6) is 0 Å². The fourth-order valence-electron chi connectivity index (χ4n) is 0.583. The van der Waals surface area contributed by atoms with Crippen molar-refractivity contribution >= 4 is 13.1 Å². The molecule has 0 radical (unpaired) electrons. The molecule has 0 rings (SSSR count). The number of hydrogen-bond donors (Lipinski definition) is 0. The van der Waals surface area contributed by atoms with Gasteiger partial charge in [0.15, 0.2) is 6.40 Å². The van der Waals surface area contributed by atoms with Crippen LogP contribution in [-0.4, -0.2) is 45.3 Å². The van der Waals surface area contributed by atoms with Gasteiger partial charge in [-0.15, -0.1) is 5.10 Å². The average Bonchev–Trinajstić information content (AvgIpc) is 1.96. The minimum atomic E-state index is 0.678. The van der Waals surface area contributed by atoms with Crippen molar-refractivity contribution < 1.29 is 4.74 Å². The molecule has 0 aromatic carbocycles. The molecule has 0 saturated heterocycles. The number of ether oxygens (including phenoxy) is 1. The first-order chi connectivity index (χ1) is 5.27. The Kier molecular flexibility index (Phi) is 6.62. The third-order valence-electron chi connectivity index (χ3n) is 1.07. The Morgan fingerprint density at radius 1 is 1.55 bits per heavy atom. The summed E-state index contributed by atoms with van der Waals surface area (Å²) in [6.45, 7) is 4.87. The minimum absolute atomic E-state index is 0.678. The molecule has 0 N–H and O–H groups in total. The minimum Gasteiger partial charge on any atom is -0.482 e. The number of nitrogens with zero attached hydrogens (tertiary/aromatic N) is 3. The Morgan fingerprint density at radius 3 is 2.82 bits per heavy atom. The van der Waals surface area contributed by atoms with Crippen LogP contribution in [0.25, 0.3) is 0 Å². The summed E-state index contributed by atoms with van der Waals surface area (Å²) in [6, 6.07) is 0. The molecule has 4 nitrogen and oxygen atoms in total. The second kappa shape index (κ2) is 7.21. The van der Waals surface area contributed by atoms with Crippen molar-refractivity contribution in [1.29, 1.82) is 0 Å². The van der Waals surface area contributed by atoms with Crippen LogP contribution in [0.3, 0.4) is 0 Å². The zero-order valence-corrected chi connectivity index (χ0v) is 7.16. The lowest BCUT2D eigenvalue weighted by Gasteiger charge is -2.07. The Bertz CT molecular complexity index is 123. The third kappa shape index (κ3) is 9.10. The summed E-state index contributed by atoms with van der Waals surface area (Å²) in [7, 11) is 4.05. The quantitative estimate of drug-likeness (QED) is 0.245. The van der Waals surface area contributed by atoms with Gasteiger partial charge in [0.05, 0.1) is 6.61 Å². The zero-order valence-electron chi connectivity index (χ0n) is 7.16. The van der Waals surface area contributed by atoms with E-state index in [2.05, 4.69) is 21.8 Å². The molecule has 0 aromatic rings. The summed E-state index contributed by atoms with van der Waals surface area (Å²) >= 11 is 0. The lowest BCUT2D eigenvalue weighted by molar-refractivity contribution is 0.281. The smallest absolute Gasteiger partial charge is 0.195 e. The molecule has 0 aliphatic rings. The highest BCUT2D eigenvalue weighted by atomic mass is 16.5. The first-order valence-electron chi connectivity index (χ1n) is 3.51. The van der Waals surface area contributed by atoms with E-state index in [9.17, 15) is 0 Å². The van der Waals surface area contributed by atoms with E-state index in [1.807, 2.05) is 14.1 Å². The molecule has 0 heterocycles. The lowest BCUT2D eigenvalue weighted by Crippen LogP contribution is -2.14. The van der Waals surface area contributed by atoms with Crippen molar-refractivity contribution in [3.05, 3.63) is 0 Å². The van der Waals surface area contributed by atoms with Crippen LogP contribution in [0.4, 0.5) is 0 Å². The van der Waals surface area contributed by atoms with E-state index in [0.717, 1.165) is 13.0 Å². The maximum Gasteiger partial charge on any atom is 0.195 e. The third-order valence-corrected chi connectivity index (χ3v) is 1.07. The Morgan fingerprint density at radius 2 is 2.27 bits per heavy atom. The predicted molar refractivity (Wildman–Crippen MR) is 47.2 cm³/mol. The van der Waals surface area contributed by atoms with Gasteiger partial charge in [0, 0.05) is 13.3 Å². The van der Waals surface area contributed by atoms with E-state index in [4.69, 9.17) is 4.74 Å². The van der Waals surface area contributed by atoms with E-state index in [-0.39, 0.29) is 0 Å². The van der Waals surface area contributed by atoms with Gasteiger partial charge in [0.1, 0.15) is 0 Å². The second-order valence-electron chi connectivity index (χ2n) is 2.39. The van der Waals surface area contributed by atoms with E-state index >= 15 is 0 Å². The molecule has 64 valence electrons. The fraction of sp³-hybridized carbons (Fsp3) is 0.714. The molecular formula is C7H15N3O. The molecule has 0 unspecified atom stereocenters. The zero-order chi connectivity index (χ0) is 8.53. The monoisotopic (exact) mass is 157 g/mol. The average molecular weight is 157 g/mol. The normalized spacial score (nSPS) is 10.8. The highest BCUT2D eigenvalue weighted by Crippen LogP contribution is 1.83. The predicted octanol–water partition coefficient (Wildman–Crippen LogP) is 0.599. The van der Waals surface area contributed by atoms with Crippen LogP contribution < -0.4 is 0 Å². The molecule has 0 aliphatic heterocycles. The highest BCUT2D eigenvalue weighted by molar-refractivity contribution is 5.46. The first kappa shape index (κ1) is 10.1. The van der Waals surface area contributed by atoms with Gasteiger partial charge in [-0.05, 0) is 20.5 Å². The van der Waals surface area contributed by atoms with E-state index in [1.165, 1.54) is 6.40 Å². The SMILES string of the molecule is C=N/N=C/OCCCN(C)C. The Balaban J connectivity index is 3.02. The standard InChI is InChI=1S/C7H15N3O/c1-8-9-7-11-6-4-5-10(2)3/h7H,1,4-6H2,2-3H3/b9-7+. The maximum absolute atomic E-state index is 4.97. The number of rotatable bonds is 6. The molecule has 0 aromatic heterocycles. The van der Waals surface area contributed by atoms with Crippen molar-refractivity contribution in [3.8, 4) is 0 Å². The molecule has 11 heavy (non-hydrogen) atoms. The van der Waals surface area contributed by atoms with Crippen LogP contribution in [0, 0.1) is 0 Å². The summed E-state index contributed by atoms with van der Waals surface area (Å²) in [6.07, 6.45) is 2.30. The van der Waals surface area contributed by atoms with E-state index in [1.54, 1.807) is 0 Å². The van der Waals surface area contributed by atoms with Crippen LogP contribution in [0.2, 0.25) is 0 Å². The van der Waals surface area contributed by atoms with Gasteiger partial charge in [0.2, 0.25) is 0 Å². The summed E-state index contributed by atoms with van der Waals surface area (Å²) in [5, 5.41) is 6.69. The van der Waals surface area contributed by atoms with Gasteiger partial charge in [-0.3, -0.25) is 0 Å². The molecule has 0 aliphatic carbocycles. The summed E-state index contributed by atoms with van der Waals surface area (Å²) in [5.41, 5.74) is 0. The van der Waals surface area contributed by atoms with Gasteiger partial charge >= 0.3 is 0 Å². The molecule has 0 saturated carbocycles. The molecule has 0 bridgehead atoms. The fourth-order valence-corrected chi connectivity index (χ4v) is 0.583. The van der Waals surface area contributed by atoms with Crippen molar-refractivity contribution in [3.63, 3.8) is 0 Å². The summed E-state index contributed by atoms with van der Waals surface area (Å²) < 4.78 is 4.97. The Labute approximate surface area is 67.6 Å². The van der Waals surface area contributed by atoms with E-state index in [0.29, 0.717) is 6.61 Å². The summed E-state index contributed by atoms with van der Waals surface area (Å²) in [5.74, 6) is 0. The van der Waals surface area contributed by atoms with Crippen molar-refractivity contribution in [2.45, 2.75) is 6.42 Å². The molecular weight excluding hydrogens is 142 g/mol. The van der Waals surface area contributed by atoms with Crippen molar-refractivity contribution in [2.75, 3.05) is 27.2 Å². The summed E-state index contributed by atoms with van der Waals surface area (Å²) in [4.78, 5) is 2.10. The highest BCUT2D eigenvalue weighted by Gasteiger charge is 1.88. The van der Waals surface area contributed by atoms with Crippen LogP contribution in [-0.2, 0) is 4.74 Å². The van der Waals surface area contributed by atoms with Gasteiger partial charge in [0.25, 0.3) is 0 Å². The number of hydrogen-bond acceptors (Lipinski definition) is 4. The topological polar surface area (TPSA) is 37.2 Å². The van der Waals surface area contributed by atoms with Gasteiger partial charge in [-0.1, -0.05) is 0 Å². The molecule has 0 fully saturated rings. The van der Waals surface area contributed by atoms with Gasteiger partial charge < -0.3 is 9.64 Å². The van der Waals surface area contributed by atoms with Crippen molar-refractivity contribution in [1.82, 2.24) is 4.90 Å². The first-order valence-corrected chi connectivity index (χ1v) is 3.51. The molecule has 0 atom stereocenters. The molecule has 0 spiro atoms. The maximum atomic E-state index is 4.97. The van der Waals surface area contributed by atoms with Crippen LogP contribution >= 0.6 is 0 Å². The molecule has 4 heteroatoms. The van der Waals surface area contributed by atoms with Crippen LogP contribution in [0.15, 0.2) is 10.2 Å². The van der Waals surface area contributed by atoms with E-state index < -0.39 is 0 Å².